The first-order chi connectivity index (χ1) is 9.96. The van der Waals surface area contributed by atoms with E-state index >= 15 is 0 Å². The van der Waals surface area contributed by atoms with Crippen molar-refractivity contribution in [2.45, 2.75) is 19.4 Å². The molecule has 0 aliphatic heterocycles. The van der Waals surface area contributed by atoms with Gasteiger partial charge in [0.2, 0.25) is 0 Å². The van der Waals surface area contributed by atoms with Gasteiger partial charge in [0.05, 0.1) is 24.9 Å². The van der Waals surface area contributed by atoms with Gasteiger partial charge in [0.1, 0.15) is 0 Å². The highest BCUT2D eigenvalue weighted by Gasteiger charge is 2.16. The second kappa shape index (κ2) is 6.37. The smallest absolute Gasteiger partial charge is 0.179 e. The number of nitrogens with zero attached hydrogens (tertiary/aromatic N) is 2. The molecule has 1 heterocycles. The van der Waals surface area contributed by atoms with Crippen LogP contribution in [0.15, 0.2) is 18.2 Å². The molecular weight excluding hydrogens is 290 g/mol. The number of hydrogen-bond acceptors (Lipinski definition) is 4. The van der Waals surface area contributed by atoms with Crippen LogP contribution in [0.4, 0.5) is 0 Å². The zero-order valence-electron chi connectivity index (χ0n) is 12.7. The standard InChI is InChI=1S/C15H20ClN3O2/c1-9-5-11(19(2)18-9)8-13(17)10-6-12(16)15(21-4)14(7-10)20-3/h5-7,13H,8,17H2,1-4H3. The summed E-state index contributed by atoms with van der Waals surface area (Å²) in [7, 11) is 5.05. The Morgan fingerprint density at radius 3 is 2.52 bits per heavy atom. The molecule has 0 fully saturated rings. The van der Waals surface area contributed by atoms with Crippen molar-refractivity contribution in [1.82, 2.24) is 9.78 Å². The van der Waals surface area contributed by atoms with E-state index < -0.39 is 0 Å². The molecule has 0 spiro atoms. The molecular formula is C15H20ClN3O2. The van der Waals surface area contributed by atoms with Crippen LogP contribution in [-0.2, 0) is 13.5 Å². The van der Waals surface area contributed by atoms with Crippen LogP contribution >= 0.6 is 11.6 Å². The van der Waals surface area contributed by atoms with Crippen LogP contribution in [0.3, 0.4) is 0 Å². The van der Waals surface area contributed by atoms with Crippen LogP contribution in [0, 0.1) is 6.92 Å². The molecule has 1 aromatic heterocycles. The largest absolute Gasteiger partial charge is 0.493 e. The van der Waals surface area contributed by atoms with E-state index in [2.05, 4.69) is 5.10 Å². The topological polar surface area (TPSA) is 62.3 Å². The van der Waals surface area contributed by atoms with E-state index in [4.69, 9.17) is 26.8 Å². The quantitative estimate of drug-likeness (QED) is 0.922. The van der Waals surface area contributed by atoms with Crippen molar-refractivity contribution < 1.29 is 9.47 Å². The van der Waals surface area contributed by atoms with Crippen LogP contribution in [0.5, 0.6) is 11.5 Å². The third-order valence-corrected chi connectivity index (χ3v) is 3.69. The van der Waals surface area contributed by atoms with E-state index in [1.165, 1.54) is 0 Å². The van der Waals surface area contributed by atoms with Gasteiger partial charge < -0.3 is 15.2 Å². The lowest BCUT2D eigenvalue weighted by molar-refractivity contribution is 0.354. The number of nitrogens with two attached hydrogens (primary N) is 1. The lowest BCUT2D eigenvalue weighted by atomic mass is 10.0. The molecule has 2 N–H and O–H groups in total. The maximum atomic E-state index is 6.29. The number of methoxy groups -OCH3 is 2. The number of rotatable bonds is 5. The minimum absolute atomic E-state index is 0.197. The third kappa shape index (κ3) is 3.31. The highest BCUT2D eigenvalue weighted by Crippen LogP contribution is 2.37. The van der Waals surface area contributed by atoms with Gasteiger partial charge in [-0.05, 0) is 30.7 Å². The number of ether oxygens (including phenoxy) is 2. The van der Waals surface area contributed by atoms with Crippen LogP contribution in [0.1, 0.15) is 23.0 Å². The minimum atomic E-state index is -0.197. The fraction of sp³-hybridized carbons (Fsp3) is 0.400. The van der Waals surface area contributed by atoms with Gasteiger partial charge >= 0.3 is 0 Å². The van der Waals surface area contributed by atoms with Gasteiger partial charge in [0.15, 0.2) is 11.5 Å². The molecule has 0 saturated heterocycles. The van der Waals surface area contributed by atoms with Crippen molar-refractivity contribution in [3.63, 3.8) is 0 Å². The Kier molecular flexibility index (Phi) is 4.75. The van der Waals surface area contributed by atoms with Gasteiger partial charge in [-0.25, -0.2) is 0 Å². The Balaban J connectivity index is 2.29. The fourth-order valence-corrected chi connectivity index (χ4v) is 2.65. The van der Waals surface area contributed by atoms with Gasteiger partial charge in [0, 0.05) is 25.2 Å². The molecule has 5 nitrogen and oxygen atoms in total. The molecule has 0 bridgehead atoms. The van der Waals surface area contributed by atoms with Crippen LogP contribution in [0.2, 0.25) is 5.02 Å². The van der Waals surface area contributed by atoms with E-state index in [9.17, 15) is 0 Å². The summed E-state index contributed by atoms with van der Waals surface area (Å²) < 4.78 is 12.4. The summed E-state index contributed by atoms with van der Waals surface area (Å²) in [4.78, 5) is 0. The molecule has 21 heavy (non-hydrogen) atoms. The van der Waals surface area contributed by atoms with Gasteiger partial charge in [-0.1, -0.05) is 11.6 Å². The Bertz CT molecular complexity index is 640. The lowest BCUT2D eigenvalue weighted by Crippen LogP contribution is -2.15. The molecule has 0 amide bonds. The average molecular weight is 310 g/mol. The van der Waals surface area contributed by atoms with Crippen molar-refractivity contribution in [2.75, 3.05) is 14.2 Å². The second-order valence-electron chi connectivity index (χ2n) is 4.95. The Labute approximate surface area is 129 Å². The third-order valence-electron chi connectivity index (χ3n) is 3.41. The monoisotopic (exact) mass is 309 g/mol. The second-order valence-corrected chi connectivity index (χ2v) is 5.36. The summed E-state index contributed by atoms with van der Waals surface area (Å²) in [5.74, 6) is 1.10. The van der Waals surface area contributed by atoms with E-state index in [1.54, 1.807) is 14.2 Å². The number of aryl methyl sites for hydroxylation is 2. The molecule has 6 heteroatoms. The molecule has 2 aromatic rings. The summed E-state index contributed by atoms with van der Waals surface area (Å²) >= 11 is 6.22. The molecule has 1 unspecified atom stereocenters. The summed E-state index contributed by atoms with van der Waals surface area (Å²) in [6.07, 6.45) is 0.670. The van der Waals surface area contributed by atoms with Crippen LogP contribution in [-0.4, -0.2) is 24.0 Å². The zero-order valence-corrected chi connectivity index (χ0v) is 13.4. The number of hydrogen-bond donors (Lipinski definition) is 1. The first-order valence-electron chi connectivity index (χ1n) is 6.62. The van der Waals surface area contributed by atoms with Crippen molar-refractivity contribution in [1.29, 1.82) is 0 Å². The molecule has 0 aliphatic rings. The predicted octanol–water partition coefficient (Wildman–Crippen LogP) is 2.64. The molecule has 1 atom stereocenters. The minimum Gasteiger partial charge on any atom is -0.493 e. The molecule has 1 aromatic carbocycles. The molecule has 114 valence electrons. The summed E-state index contributed by atoms with van der Waals surface area (Å²) in [6, 6.07) is 5.51. The van der Waals surface area contributed by atoms with Gasteiger partial charge in [-0.2, -0.15) is 5.10 Å². The molecule has 0 radical (unpaired) electrons. The summed E-state index contributed by atoms with van der Waals surface area (Å²) in [6.45, 7) is 1.96. The van der Waals surface area contributed by atoms with E-state index in [0.717, 1.165) is 17.0 Å². The molecule has 2 rings (SSSR count). The van der Waals surface area contributed by atoms with E-state index in [1.807, 2.05) is 36.9 Å². The van der Waals surface area contributed by atoms with Crippen molar-refractivity contribution in [3.8, 4) is 11.5 Å². The number of halogens is 1. The predicted molar refractivity (Wildman–Crippen MR) is 83.1 cm³/mol. The Morgan fingerprint density at radius 1 is 1.29 bits per heavy atom. The maximum Gasteiger partial charge on any atom is 0.179 e. The van der Waals surface area contributed by atoms with E-state index in [-0.39, 0.29) is 6.04 Å². The van der Waals surface area contributed by atoms with Crippen LogP contribution < -0.4 is 15.2 Å². The zero-order chi connectivity index (χ0) is 15.6. The highest BCUT2D eigenvalue weighted by molar-refractivity contribution is 6.32. The summed E-state index contributed by atoms with van der Waals surface area (Å²) in [5, 5.41) is 4.82. The van der Waals surface area contributed by atoms with Crippen molar-refractivity contribution >= 4 is 11.6 Å². The highest BCUT2D eigenvalue weighted by atomic mass is 35.5. The number of aromatic nitrogens is 2. The molecule has 0 aliphatic carbocycles. The Morgan fingerprint density at radius 2 is 2.00 bits per heavy atom. The van der Waals surface area contributed by atoms with Gasteiger partial charge in [0.25, 0.3) is 0 Å². The Hall–Kier alpha value is -1.72. The van der Waals surface area contributed by atoms with Gasteiger partial charge in [-0.15, -0.1) is 0 Å². The fourth-order valence-electron chi connectivity index (χ4n) is 2.35. The first kappa shape index (κ1) is 15.7. The van der Waals surface area contributed by atoms with Gasteiger partial charge in [-0.3, -0.25) is 4.68 Å². The number of benzene rings is 1. The average Bonchev–Trinajstić information content (AvgIpc) is 2.75. The first-order valence-corrected chi connectivity index (χ1v) is 7.00. The lowest BCUT2D eigenvalue weighted by Gasteiger charge is -2.16. The van der Waals surface area contributed by atoms with Crippen molar-refractivity contribution in [3.05, 3.63) is 40.2 Å². The SMILES string of the molecule is COc1cc(C(N)Cc2cc(C)nn2C)cc(Cl)c1OC. The van der Waals surface area contributed by atoms with E-state index in [0.29, 0.717) is 22.9 Å². The molecule has 0 saturated carbocycles. The summed E-state index contributed by atoms with van der Waals surface area (Å²) in [5.41, 5.74) is 9.24. The maximum absolute atomic E-state index is 6.29. The normalized spacial score (nSPS) is 12.3. The van der Waals surface area contributed by atoms with Crippen LogP contribution in [0.25, 0.3) is 0 Å². The van der Waals surface area contributed by atoms with Crippen molar-refractivity contribution in [2.24, 2.45) is 12.8 Å².